The number of likely N-dealkylation sites (tertiary alicyclic amines) is 1. The first-order valence-corrected chi connectivity index (χ1v) is 20.8. The van der Waals surface area contributed by atoms with Crippen LogP contribution in [-0.2, 0) is 35.6 Å². The number of carbonyl (C=O) groups excluding carboxylic acids is 1. The van der Waals surface area contributed by atoms with Crippen molar-refractivity contribution in [1.29, 1.82) is 0 Å². The van der Waals surface area contributed by atoms with E-state index in [1.165, 1.54) is 11.1 Å². The van der Waals surface area contributed by atoms with Crippen LogP contribution in [0.3, 0.4) is 0 Å². The van der Waals surface area contributed by atoms with Crippen molar-refractivity contribution in [2.45, 2.75) is 147 Å². The number of phenols is 1. The summed E-state index contributed by atoms with van der Waals surface area (Å²) in [6.07, 6.45) is -14.6. The number of nitrogens with two attached hydrogens (primary N) is 4. The van der Waals surface area contributed by atoms with Crippen LogP contribution in [0, 0.1) is 5.92 Å². The van der Waals surface area contributed by atoms with Crippen LogP contribution in [0.5, 0.6) is 11.5 Å². The van der Waals surface area contributed by atoms with Gasteiger partial charge in [-0.3, -0.25) is 4.79 Å². The summed E-state index contributed by atoms with van der Waals surface area (Å²) >= 11 is 0. The molecule has 344 valence electrons. The summed E-state index contributed by atoms with van der Waals surface area (Å²) in [6.45, 7) is 0.112. The van der Waals surface area contributed by atoms with Gasteiger partial charge in [-0.25, -0.2) is 0 Å². The van der Waals surface area contributed by atoms with Crippen LogP contribution in [0.4, 0.5) is 0 Å². The van der Waals surface area contributed by atoms with Crippen LogP contribution in [-0.4, -0.2) is 211 Å². The molecule has 1 amide bonds. The Morgan fingerprint density at radius 3 is 2.31 bits per heavy atom. The summed E-state index contributed by atoms with van der Waals surface area (Å²) < 4.78 is 28.6. The fraction of sp³-hybridized carbons (Fsp3) is 0.769. The van der Waals surface area contributed by atoms with Gasteiger partial charge < -0.3 is 108 Å². The van der Waals surface area contributed by atoms with E-state index in [0.717, 1.165) is 19.4 Å². The Bertz CT molecular complexity index is 1730. The number of aliphatic hydroxyl groups is 9. The molecule has 1 aromatic rings. The van der Waals surface area contributed by atoms with Gasteiger partial charge in [-0.15, -0.1) is 0 Å². The minimum Gasteiger partial charge on any atom is -0.504 e. The molecule has 4 fully saturated rings. The monoisotopic (exact) mass is 870 g/mol. The van der Waals surface area contributed by atoms with Crippen molar-refractivity contribution in [2.75, 3.05) is 33.3 Å². The van der Waals surface area contributed by atoms with E-state index >= 15 is 0 Å². The number of piperidine rings is 1. The summed E-state index contributed by atoms with van der Waals surface area (Å²) in [7, 11) is 2.19. The number of ether oxygens (including phenoxy) is 5. The highest BCUT2D eigenvalue weighted by atomic mass is 16.7. The van der Waals surface area contributed by atoms with E-state index < -0.39 is 116 Å². The standard InChI is InChI=1S/C22H43N5O13.C17H19NO3/c23-2-1-8(29)20(36)27-7-3-6(25)18(39-22-16(34)15(33)13(31)9(4-24)37-22)17(35)19(7)40-21-14(32)11(26)12(30)10(5-28)38-21;1-18-7-6-17-10-3-5-13(20)16(17)21-15-12(19)4-2-9(14(15)17)8-11(10)18/h6-19,21-22,28-35H,1-5,23-26H2,(H,27,36);2-5,10-11,13,16,19-20H,6-8H2,1H3/t6-,7+,8-,9+,10+,11-,12+,13+,14+,15-,16+,17-,18+,19-,21+,22+;10-,11+,13-,16-,17-/m00/s1. The van der Waals surface area contributed by atoms with Gasteiger partial charge in [0.05, 0.1) is 18.7 Å². The molecule has 0 aromatic heterocycles. The van der Waals surface area contributed by atoms with E-state index in [-0.39, 0.29) is 43.2 Å². The molecule has 61 heavy (non-hydrogen) atoms. The smallest absolute Gasteiger partial charge is 0.249 e. The molecule has 21 atom stereocenters. The lowest BCUT2D eigenvalue weighted by Crippen LogP contribution is -2.69. The average Bonchev–Trinajstić information content (AvgIpc) is 3.60. The number of rotatable bonds is 10. The van der Waals surface area contributed by atoms with Gasteiger partial charge in [0, 0.05) is 35.5 Å². The number of likely N-dealkylation sites (N-methyl/N-ethyl adjacent to an activating group) is 1. The zero-order valence-corrected chi connectivity index (χ0v) is 33.7. The number of benzene rings is 1. The highest BCUT2D eigenvalue weighted by Gasteiger charge is 2.64. The molecule has 1 aromatic carbocycles. The highest BCUT2D eigenvalue weighted by molar-refractivity contribution is 5.80. The second-order valence-corrected chi connectivity index (χ2v) is 17.3. The quantitative estimate of drug-likeness (QED) is 0.0971. The Kier molecular flexibility index (Phi) is 14.0. The van der Waals surface area contributed by atoms with Crippen LogP contribution >= 0.6 is 0 Å². The lowest BCUT2D eigenvalue weighted by molar-refractivity contribution is -0.332. The first kappa shape index (κ1) is 46.3. The van der Waals surface area contributed by atoms with Crippen molar-refractivity contribution in [3.05, 3.63) is 35.4 Å². The number of nitrogens with one attached hydrogen (secondary N) is 1. The maximum Gasteiger partial charge on any atom is 0.249 e. The maximum absolute atomic E-state index is 12.6. The second-order valence-electron chi connectivity index (χ2n) is 17.3. The molecule has 0 radical (unpaired) electrons. The minimum atomic E-state index is -1.76. The lowest BCUT2D eigenvalue weighted by atomic mass is 9.53. The highest BCUT2D eigenvalue weighted by Crippen LogP contribution is 2.62. The summed E-state index contributed by atoms with van der Waals surface area (Å²) in [5.41, 5.74) is 25.4. The lowest BCUT2D eigenvalue weighted by Gasteiger charge is -2.56. The Morgan fingerprint density at radius 1 is 0.934 bits per heavy atom. The molecule has 3 saturated heterocycles. The molecule has 22 nitrogen and oxygen atoms in total. The third-order valence-corrected chi connectivity index (χ3v) is 13.7. The molecular weight excluding hydrogens is 808 g/mol. The van der Waals surface area contributed by atoms with Crippen LogP contribution < -0.4 is 33.0 Å². The molecule has 1 saturated carbocycles. The zero-order chi connectivity index (χ0) is 44.2. The number of carbonyl (C=O) groups is 1. The SMILES string of the molecule is CN1CC[C@]23c4c5ccc(O)c4O[C@H]2[C@@H](O)C=C[C@H]3[C@H]1C5.NCC[C@H](O)C(=O)N[C@@H]1C[C@H](N)[C@@H](O[C@H]2O[C@H](CN)[C@@H](O)[C@H](O)[C@H]2O)[C@H](O)[C@H]1O[C@H]1O[C@H](CO)[C@@H](O)[C@H](N)[C@H]1O. The van der Waals surface area contributed by atoms with Crippen molar-refractivity contribution < 1.29 is 79.5 Å². The number of hydrogen-bond acceptors (Lipinski definition) is 21. The minimum absolute atomic E-state index is 0.0101. The van der Waals surface area contributed by atoms with Gasteiger partial charge >= 0.3 is 0 Å². The maximum atomic E-state index is 12.6. The molecule has 19 N–H and O–H groups in total. The third-order valence-electron chi connectivity index (χ3n) is 13.7. The van der Waals surface area contributed by atoms with Crippen LogP contribution in [0.25, 0.3) is 0 Å². The first-order chi connectivity index (χ1) is 29.0. The fourth-order valence-electron chi connectivity index (χ4n) is 10.3. The van der Waals surface area contributed by atoms with Gasteiger partial charge in [-0.05, 0) is 57.5 Å². The van der Waals surface area contributed by atoms with E-state index in [1.807, 2.05) is 12.1 Å². The number of aromatic hydroxyl groups is 1. The molecule has 7 aliphatic rings. The Morgan fingerprint density at radius 2 is 1.62 bits per heavy atom. The van der Waals surface area contributed by atoms with Crippen molar-refractivity contribution >= 4 is 5.91 Å². The van der Waals surface area contributed by atoms with Gasteiger partial charge in [-0.2, -0.15) is 0 Å². The van der Waals surface area contributed by atoms with Crippen LogP contribution in [0.15, 0.2) is 24.3 Å². The first-order valence-electron chi connectivity index (χ1n) is 20.8. The summed E-state index contributed by atoms with van der Waals surface area (Å²) in [6, 6.07) is 0.771. The average molecular weight is 871 g/mol. The molecular formula is C39H62N6O16. The molecule has 22 heteroatoms. The molecule has 2 bridgehead atoms. The number of aliphatic hydroxyl groups excluding tert-OH is 9. The van der Waals surface area contributed by atoms with Crippen molar-refractivity contribution in [1.82, 2.24) is 10.2 Å². The van der Waals surface area contributed by atoms with Crippen molar-refractivity contribution in [3.8, 4) is 11.5 Å². The van der Waals surface area contributed by atoms with Gasteiger partial charge in [0.15, 0.2) is 24.1 Å². The normalized spacial score (nSPS) is 45.5. The van der Waals surface area contributed by atoms with Gasteiger partial charge in [0.1, 0.15) is 79.4 Å². The molecule has 3 aliphatic carbocycles. The molecule has 8 rings (SSSR count). The largest absolute Gasteiger partial charge is 0.504 e. The van der Waals surface area contributed by atoms with E-state index in [9.17, 15) is 55.9 Å². The van der Waals surface area contributed by atoms with E-state index in [2.05, 4.69) is 23.3 Å². The third kappa shape index (κ3) is 8.19. The zero-order valence-electron chi connectivity index (χ0n) is 33.7. The number of amides is 1. The second kappa shape index (κ2) is 18.4. The number of nitrogens with zero attached hydrogens (tertiary/aromatic N) is 1. The number of hydrogen-bond donors (Lipinski definition) is 15. The van der Waals surface area contributed by atoms with E-state index in [4.69, 9.17) is 46.6 Å². The van der Waals surface area contributed by atoms with E-state index in [1.54, 1.807) is 6.07 Å². The Labute approximate surface area is 351 Å². The van der Waals surface area contributed by atoms with Gasteiger partial charge in [0.2, 0.25) is 5.91 Å². The van der Waals surface area contributed by atoms with Crippen molar-refractivity contribution in [2.24, 2.45) is 28.9 Å². The fourth-order valence-corrected chi connectivity index (χ4v) is 10.3. The molecule has 1 spiro atoms. The summed E-state index contributed by atoms with van der Waals surface area (Å²) in [4.78, 5) is 15.0. The molecule has 4 heterocycles. The summed E-state index contributed by atoms with van der Waals surface area (Å²) in [5.74, 6) is 0.344. The number of phenolic OH excluding ortho intramolecular Hbond substituents is 1. The van der Waals surface area contributed by atoms with E-state index in [0.29, 0.717) is 17.7 Å². The Balaban J connectivity index is 0.000000220. The van der Waals surface area contributed by atoms with Crippen molar-refractivity contribution in [3.63, 3.8) is 0 Å². The Hall–Kier alpha value is -2.69. The predicted molar refractivity (Wildman–Crippen MR) is 209 cm³/mol. The predicted octanol–water partition coefficient (Wildman–Crippen LogP) is -7.23. The van der Waals surface area contributed by atoms with Gasteiger partial charge in [0.25, 0.3) is 0 Å². The molecule has 0 unspecified atom stereocenters. The topological polar surface area (TPSA) is 385 Å². The summed E-state index contributed by atoms with van der Waals surface area (Å²) in [5, 5.41) is 106. The van der Waals surface area contributed by atoms with Crippen LogP contribution in [0.1, 0.15) is 30.4 Å². The molecule has 4 aliphatic heterocycles. The van der Waals surface area contributed by atoms with Gasteiger partial charge in [-0.1, -0.05) is 18.2 Å². The van der Waals surface area contributed by atoms with Crippen LogP contribution in [0.2, 0.25) is 0 Å².